The van der Waals surface area contributed by atoms with Gasteiger partial charge in [0, 0.05) is 19.1 Å². The van der Waals surface area contributed by atoms with E-state index in [0.717, 1.165) is 19.6 Å². The maximum Gasteiger partial charge on any atom is 0.122 e. The van der Waals surface area contributed by atoms with E-state index < -0.39 is 0 Å². The molecule has 0 amide bonds. The summed E-state index contributed by atoms with van der Waals surface area (Å²) >= 11 is 0. The largest absolute Gasteiger partial charge is 0.300 e. The third-order valence-electron chi connectivity index (χ3n) is 4.47. The van der Waals surface area contributed by atoms with E-state index in [0.29, 0.717) is 17.4 Å². The van der Waals surface area contributed by atoms with Crippen LogP contribution >= 0.6 is 0 Å². The van der Waals surface area contributed by atoms with Crippen LogP contribution in [0, 0.1) is 22.7 Å². The van der Waals surface area contributed by atoms with Crippen molar-refractivity contribution in [2.75, 3.05) is 19.6 Å². The molecule has 1 aliphatic carbocycles. The summed E-state index contributed by atoms with van der Waals surface area (Å²) in [5, 5.41) is 13.3. The highest BCUT2D eigenvalue weighted by Gasteiger charge is 2.47. The molecule has 1 aliphatic heterocycles. The summed E-state index contributed by atoms with van der Waals surface area (Å²) in [6.07, 6.45) is 5.00. The quantitative estimate of drug-likeness (QED) is 0.829. The minimum atomic E-state index is -0.318. The first-order valence-corrected chi connectivity index (χ1v) is 7.78. The van der Waals surface area contributed by atoms with Crippen molar-refractivity contribution in [1.82, 2.24) is 10.2 Å². The Bertz CT molecular complexity index is 351. The molecule has 0 aromatic heterocycles. The number of piperidine rings is 1. The van der Waals surface area contributed by atoms with Crippen molar-refractivity contribution in [2.45, 2.75) is 65.0 Å². The molecule has 2 fully saturated rings. The topological polar surface area (TPSA) is 39.1 Å². The zero-order chi connectivity index (χ0) is 14.1. The Hall–Kier alpha value is -0.590. The zero-order valence-corrected chi connectivity index (χ0v) is 13.0. The van der Waals surface area contributed by atoms with Crippen molar-refractivity contribution in [3.05, 3.63) is 0 Å². The van der Waals surface area contributed by atoms with Crippen LogP contribution in [0.2, 0.25) is 0 Å². The first kappa shape index (κ1) is 14.8. The second-order valence-corrected chi connectivity index (χ2v) is 7.63. The Kier molecular flexibility index (Phi) is 4.23. The lowest BCUT2D eigenvalue weighted by Gasteiger charge is -2.42. The molecule has 3 heteroatoms. The van der Waals surface area contributed by atoms with Gasteiger partial charge in [0.25, 0.3) is 0 Å². The highest BCUT2D eigenvalue weighted by atomic mass is 15.2. The highest BCUT2D eigenvalue weighted by molar-refractivity contribution is 5.17. The fourth-order valence-corrected chi connectivity index (χ4v) is 3.58. The van der Waals surface area contributed by atoms with Gasteiger partial charge in [-0.25, -0.2) is 0 Å². The molecule has 1 saturated carbocycles. The maximum atomic E-state index is 9.76. The average molecular weight is 263 g/mol. The monoisotopic (exact) mass is 263 g/mol. The van der Waals surface area contributed by atoms with Gasteiger partial charge in [0.2, 0.25) is 0 Å². The Morgan fingerprint density at radius 2 is 2.11 bits per heavy atom. The van der Waals surface area contributed by atoms with Crippen LogP contribution < -0.4 is 5.32 Å². The molecule has 1 N–H and O–H groups in total. The van der Waals surface area contributed by atoms with Gasteiger partial charge in [0.1, 0.15) is 5.54 Å². The van der Waals surface area contributed by atoms with Crippen molar-refractivity contribution < 1.29 is 0 Å². The smallest absolute Gasteiger partial charge is 0.122 e. The molecule has 0 bridgehead atoms. The number of nitriles is 1. The van der Waals surface area contributed by atoms with Crippen LogP contribution in [0.5, 0.6) is 0 Å². The summed E-state index contributed by atoms with van der Waals surface area (Å²) in [5.41, 5.74) is 0.0857. The minimum absolute atomic E-state index is 0.318. The maximum absolute atomic E-state index is 9.76. The lowest BCUT2D eigenvalue weighted by molar-refractivity contribution is 0.0893. The van der Waals surface area contributed by atoms with E-state index in [1.54, 1.807) is 0 Å². The molecule has 108 valence electrons. The molecule has 3 nitrogen and oxygen atoms in total. The van der Waals surface area contributed by atoms with Gasteiger partial charge < -0.3 is 0 Å². The van der Waals surface area contributed by atoms with Gasteiger partial charge in [-0.05, 0) is 57.4 Å². The Labute approximate surface area is 118 Å². The number of nitrogens with one attached hydrogen (secondary N) is 1. The van der Waals surface area contributed by atoms with Crippen molar-refractivity contribution in [3.8, 4) is 6.07 Å². The predicted molar refractivity (Wildman–Crippen MR) is 78.8 cm³/mol. The van der Waals surface area contributed by atoms with Crippen molar-refractivity contribution in [3.63, 3.8) is 0 Å². The third-order valence-corrected chi connectivity index (χ3v) is 4.47. The Balaban J connectivity index is 2.05. The number of likely N-dealkylation sites (tertiary alicyclic amines) is 1. The summed E-state index contributed by atoms with van der Waals surface area (Å²) in [4.78, 5) is 2.51. The Morgan fingerprint density at radius 1 is 1.42 bits per heavy atom. The molecular formula is C16H29N3. The molecule has 0 radical (unpaired) electrons. The second-order valence-electron chi connectivity index (χ2n) is 7.63. The molecule has 1 atom stereocenters. The predicted octanol–water partition coefficient (Wildman–Crippen LogP) is 2.78. The molecular weight excluding hydrogens is 234 g/mol. The van der Waals surface area contributed by atoms with E-state index in [4.69, 9.17) is 0 Å². The van der Waals surface area contributed by atoms with E-state index in [1.807, 2.05) is 0 Å². The molecule has 1 heterocycles. The summed E-state index contributed by atoms with van der Waals surface area (Å²) in [6.45, 7) is 12.2. The average Bonchev–Trinajstić information content (AvgIpc) is 3.10. The molecule has 1 unspecified atom stereocenters. The molecule has 0 aromatic carbocycles. The van der Waals surface area contributed by atoms with Crippen LogP contribution in [0.25, 0.3) is 0 Å². The van der Waals surface area contributed by atoms with Crippen LogP contribution in [0.4, 0.5) is 0 Å². The first-order chi connectivity index (χ1) is 8.87. The van der Waals surface area contributed by atoms with Crippen LogP contribution in [0.15, 0.2) is 0 Å². The number of hydrogen-bond donors (Lipinski definition) is 1. The summed E-state index contributed by atoms with van der Waals surface area (Å²) in [7, 11) is 0. The number of nitrogens with zero attached hydrogens (tertiary/aromatic N) is 2. The lowest BCUT2D eigenvalue weighted by atomic mass is 9.83. The van der Waals surface area contributed by atoms with E-state index in [2.05, 4.69) is 44.0 Å². The lowest BCUT2D eigenvalue weighted by Crippen LogP contribution is -2.58. The standard InChI is InChI=1S/C16H29N3/c1-13(2)18-16(10-17,14-6-7-14)12-19-9-5-8-15(3,4)11-19/h13-14,18H,5-9,11-12H2,1-4H3. The van der Waals surface area contributed by atoms with Crippen molar-refractivity contribution in [1.29, 1.82) is 5.26 Å². The van der Waals surface area contributed by atoms with Crippen LogP contribution in [0.1, 0.15) is 53.4 Å². The minimum Gasteiger partial charge on any atom is -0.300 e. The summed E-state index contributed by atoms with van der Waals surface area (Å²) in [6, 6.07) is 3.00. The molecule has 0 spiro atoms. The zero-order valence-electron chi connectivity index (χ0n) is 13.0. The normalized spacial score (nSPS) is 26.9. The second kappa shape index (κ2) is 5.42. The Morgan fingerprint density at radius 3 is 2.58 bits per heavy atom. The third kappa shape index (κ3) is 3.70. The van der Waals surface area contributed by atoms with Crippen molar-refractivity contribution in [2.24, 2.45) is 11.3 Å². The van der Waals surface area contributed by atoms with Gasteiger partial charge in [-0.1, -0.05) is 13.8 Å². The molecule has 2 rings (SSSR count). The summed E-state index contributed by atoms with van der Waals surface area (Å²) in [5.74, 6) is 0.560. The molecule has 19 heavy (non-hydrogen) atoms. The number of rotatable bonds is 5. The fraction of sp³-hybridized carbons (Fsp3) is 0.938. The molecule has 2 aliphatic rings. The first-order valence-electron chi connectivity index (χ1n) is 7.78. The van der Waals surface area contributed by atoms with Gasteiger partial charge in [-0.15, -0.1) is 0 Å². The molecule has 1 saturated heterocycles. The van der Waals surface area contributed by atoms with Gasteiger partial charge >= 0.3 is 0 Å². The summed E-state index contributed by atoms with van der Waals surface area (Å²) < 4.78 is 0. The van der Waals surface area contributed by atoms with E-state index >= 15 is 0 Å². The van der Waals surface area contributed by atoms with E-state index in [9.17, 15) is 5.26 Å². The number of hydrogen-bond acceptors (Lipinski definition) is 3. The van der Waals surface area contributed by atoms with Crippen LogP contribution in [-0.2, 0) is 0 Å². The SMILES string of the molecule is CC(C)NC(C#N)(CN1CCCC(C)(C)C1)C1CC1. The van der Waals surface area contributed by atoms with Crippen molar-refractivity contribution >= 4 is 0 Å². The van der Waals surface area contributed by atoms with Crippen LogP contribution in [0.3, 0.4) is 0 Å². The fourth-order valence-electron chi connectivity index (χ4n) is 3.58. The van der Waals surface area contributed by atoms with Crippen LogP contribution in [-0.4, -0.2) is 36.1 Å². The van der Waals surface area contributed by atoms with Gasteiger partial charge in [-0.3, -0.25) is 10.2 Å². The highest BCUT2D eigenvalue weighted by Crippen LogP contribution is 2.41. The van der Waals surface area contributed by atoms with Gasteiger partial charge in [-0.2, -0.15) is 5.26 Å². The van der Waals surface area contributed by atoms with Gasteiger partial charge in [0.15, 0.2) is 0 Å². The molecule has 0 aromatic rings. The van der Waals surface area contributed by atoms with Gasteiger partial charge in [0.05, 0.1) is 6.07 Å². The van der Waals surface area contributed by atoms with E-state index in [-0.39, 0.29) is 5.54 Å². The van der Waals surface area contributed by atoms with E-state index in [1.165, 1.54) is 25.7 Å².